The molecule has 5 rings (SSSR count). The summed E-state index contributed by atoms with van der Waals surface area (Å²) in [4.78, 5) is 26.5. The van der Waals surface area contributed by atoms with Crippen LogP contribution in [0.4, 0.5) is 11.4 Å². The number of hydrogen-bond donors (Lipinski definition) is 2. The van der Waals surface area contributed by atoms with Crippen LogP contribution in [0.5, 0.6) is 0 Å². The molecule has 182 valence electrons. The van der Waals surface area contributed by atoms with Gasteiger partial charge in [0.05, 0.1) is 21.2 Å². The second-order valence-electron chi connectivity index (χ2n) is 8.03. The van der Waals surface area contributed by atoms with Gasteiger partial charge in [-0.3, -0.25) is 9.59 Å². The van der Waals surface area contributed by atoms with Crippen LogP contribution in [-0.4, -0.2) is 21.6 Å². The molecule has 0 atom stereocenters. The number of aromatic nitrogens is 2. The fraction of sp³-hybridized carbons (Fsp3) is 0. The first kappa shape index (κ1) is 24.2. The second kappa shape index (κ2) is 11.1. The lowest BCUT2D eigenvalue weighted by atomic mass is 10.1. The molecule has 0 unspecified atom stereocenters. The smallest absolute Gasteiger partial charge is 0.257 e. The van der Waals surface area contributed by atoms with Crippen molar-refractivity contribution in [1.29, 1.82) is 0 Å². The summed E-state index contributed by atoms with van der Waals surface area (Å²) in [6.45, 7) is 0. The number of benzene rings is 3. The number of rotatable bonds is 7. The number of carbonyl (C=O) groups is 2. The largest absolute Gasteiger partial charge is 0.322 e. The number of para-hydroxylation sites is 2. The van der Waals surface area contributed by atoms with Crippen molar-refractivity contribution in [3.63, 3.8) is 0 Å². The third kappa shape index (κ3) is 5.86. The monoisotopic (exact) mass is 524 g/mol. The Bertz CT molecular complexity index is 1560. The van der Waals surface area contributed by atoms with E-state index in [2.05, 4.69) is 10.6 Å². The molecule has 0 aliphatic heterocycles. The van der Waals surface area contributed by atoms with E-state index in [-0.39, 0.29) is 22.4 Å². The topological polar surface area (TPSA) is 76.0 Å². The molecular formula is C29H21ClN4O2S. The van der Waals surface area contributed by atoms with Crippen LogP contribution in [0.15, 0.2) is 109 Å². The van der Waals surface area contributed by atoms with Crippen molar-refractivity contribution in [1.82, 2.24) is 9.78 Å². The Kier molecular flexibility index (Phi) is 7.26. The van der Waals surface area contributed by atoms with Gasteiger partial charge in [-0.2, -0.15) is 5.10 Å². The molecule has 6 nitrogen and oxygen atoms in total. The number of halogens is 1. The number of amides is 2. The first-order valence-corrected chi connectivity index (χ1v) is 12.7. The van der Waals surface area contributed by atoms with Gasteiger partial charge >= 0.3 is 0 Å². The molecule has 2 heterocycles. The Hall–Kier alpha value is -4.46. The standard InChI is InChI=1S/C29H21ClN4O2S/c30-25-15-14-22(18-24(25)29(36)32-21-8-3-1-4-9-21)31-27(35)16-13-20-19-34(23-10-5-2-6-11-23)33-28(20)26-12-7-17-37-26/h1-19H,(H,31,35)(H,32,36). The zero-order valence-corrected chi connectivity index (χ0v) is 21.0. The molecule has 0 saturated carbocycles. The fourth-order valence-corrected chi connectivity index (χ4v) is 4.61. The van der Waals surface area contributed by atoms with Gasteiger partial charge in [0, 0.05) is 29.2 Å². The van der Waals surface area contributed by atoms with Crippen molar-refractivity contribution in [2.24, 2.45) is 0 Å². The van der Waals surface area contributed by atoms with Crippen LogP contribution in [-0.2, 0) is 4.79 Å². The molecule has 0 radical (unpaired) electrons. The number of hydrogen-bond acceptors (Lipinski definition) is 4. The van der Waals surface area contributed by atoms with Crippen LogP contribution in [0.25, 0.3) is 22.3 Å². The maximum Gasteiger partial charge on any atom is 0.257 e. The molecule has 0 bridgehead atoms. The zero-order chi connectivity index (χ0) is 25.6. The van der Waals surface area contributed by atoms with Crippen molar-refractivity contribution in [2.45, 2.75) is 0 Å². The molecule has 0 aliphatic rings. The van der Waals surface area contributed by atoms with E-state index in [4.69, 9.17) is 16.7 Å². The lowest BCUT2D eigenvalue weighted by molar-refractivity contribution is -0.111. The summed E-state index contributed by atoms with van der Waals surface area (Å²) in [6, 6.07) is 27.6. The Labute approximate surface area is 222 Å². The van der Waals surface area contributed by atoms with Crippen LogP contribution in [0.2, 0.25) is 5.02 Å². The van der Waals surface area contributed by atoms with E-state index in [1.165, 1.54) is 6.08 Å². The van der Waals surface area contributed by atoms with Gasteiger partial charge in [-0.05, 0) is 60.0 Å². The molecule has 0 spiro atoms. The minimum Gasteiger partial charge on any atom is -0.322 e. The van der Waals surface area contributed by atoms with Crippen LogP contribution in [0.3, 0.4) is 0 Å². The summed E-state index contributed by atoms with van der Waals surface area (Å²) in [7, 11) is 0. The Morgan fingerprint density at radius 2 is 1.62 bits per heavy atom. The fourth-order valence-electron chi connectivity index (χ4n) is 3.67. The number of thiophene rings is 1. The predicted octanol–water partition coefficient (Wildman–Crippen LogP) is 7.16. The SMILES string of the molecule is O=C(C=Cc1cn(-c2ccccc2)nc1-c1cccs1)Nc1ccc(Cl)c(C(=O)Nc2ccccc2)c1. The third-order valence-corrected chi connectivity index (χ3v) is 6.65. The van der Waals surface area contributed by atoms with Crippen LogP contribution in [0, 0.1) is 0 Å². The third-order valence-electron chi connectivity index (χ3n) is 5.44. The van der Waals surface area contributed by atoms with Crippen LogP contribution < -0.4 is 10.6 Å². The summed E-state index contributed by atoms with van der Waals surface area (Å²) in [5.41, 5.74) is 3.88. The molecule has 5 aromatic rings. The first-order valence-electron chi connectivity index (χ1n) is 11.4. The summed E-state index contributed by atoms with van der Waals surface area (Å²) >= 11 is 7.84. The molecular weight excluding hydrogens is 504 g/mol. The van der Waals surface area contributed by atoms with Crippen molar-refractivity contribution in [3.05, 3.63) is 125 Å². The van der Waals surface area contributed by atoms with Crippen molar-refractivity contribution >= 4 is 52.2 Å². The van der Waals surface area contributed by atoms with Crippen LogP contribution in [0.1, 0.15) is 15.9 Å². The molecule has 0 fully saturated rings. The van der Waals surface area contributed by atoms with Gasteiger partial charge in [-0.15, -0.1) is 11.3 Å². The van der Waals surface area contributed by atoms with Crippen LogP contribution >= 0.6 is 22.9 Å². The van der Waals surface area contributed by atoms with Gasteiger partial charge in [-0.1, -0.05) is 54.1 Å². The highest BCUT2D eigenvalue weighted by Crippen LogP contribution is 2.29. The van der Waals surface area contributed by atoms with Crippen molar-refractivity contribution < 1.29 is 9.59 Å². The highest BCUT2D eigenvalue weighted by molar-refractivity contribution is 7.13. The summed E-state index contributed by atoms with van der Waals surface area (Å²) < 4.78 is 1.80. The number of nitrogens with zero attached hydrogens (tertiary/aromatic N) is 2. The second-order valence-corrected chi connectivity index (χ2v) is 9.38. The normalized spacial score (nSPS) is 10.9. The molecule has 0 aliphatic carbocycles. The van der Waals surface area contributed by atoms with E-state index in [1.807, 2.05) is 72.2 Å². The molecule has 37 heavy (non-hydrogen) atoms. The minimum absolute atomic E-state index is 0.261. The quantitative estimate of drug-likeness (QED) is 0.222. The van der Waals surface area contributed by atoms with E-state index in [1.54, 1.807) is 52.4 Å². The average Bonchev–Trinajstić information content (AvgIpc) is 3.60. The minimum atomic E-state index is -0.364. The Morgan fingerprint density at radius 3 is 2.35 bits per heavy atom. The van der Waals surface area contributed by atoms with E-state index in [9.17, 15) is 9.59 Å². The molecule has 3 aromatic carbocycles. The van der Waals surface area contributed by atoms with Gasteiger partial charge in [0.25, 0.3) is 5.91 Å². The lowest BCUT2D eigenvalue weighted by Crippen LogP contribution is -2.14. The van der Waals surface area contributed by atoms with E-state index in [0.717, 1.165) is 21.8 Å². The number of carbonyl (C=O) groups excluding carboxylic acids is 2. The highest BCUT2D eigenvalue weighted by Gasteiger charge is 2.14. The highest BCUT2D eigenvalue weighted by atomic mass is 35.5. The molecule has 2 aromatic heterocycles. The van der Waals surface area contributed by atoms with E-state index in [0.29, 0.717) is 11.4 Å². The molecule has 2 N–H and O–H groups in total. The Morgan fingerprint density at radius 1 is 0.865 bits per heavy atom. The zero-order valence-electron chi connectivity index (χ0n) is 19.5. The van der Waals surface area contributed by atoms with Crippen molar-refractivity contribution in [2.75, 3.05) is 10.6 Å². The predicted molar refractivity (Wildman–Crippen MR) is 150 cm³/mol. The molecule has 8 heteroatoms. The van der Waals surface area contributed by atoms with Gasteiger partial charge in [0.1, 0.15) is 5.69 Å². The van der Waals surface area contributed by atoms with E-state index < -0.39 is 0 Å². The van der Waals surface area contributed by atoms with Gasteiger partial charge in [0.15, 0.2) is 0 Å². The molecule has 2 amide bonds. The van der Waals surface area contributed by atoms with Gasteiger partial charge in [-0.25, -0.2) is 4.68 Å². The summed E-state index contributed by atoms with van der Waals surface area (Å²) in [5.74, 6) is -0.710. The van der Waals surface area contributed by atoms with Gasteiger partial charge in [0.2, 0.25) is 5.91 Å². The average molecular weight is 525 g/mol. The Balaban J connectivity index is 1.34. The van der Waals surface area contributed by atoms with Crippen molar-refractivity contribution in [3.8, 4) is 16.3 Å². The first-order chi connectivity index (χ1) is 18.1. The maximum atomic E-state index is 12.8. The van der Waals surface area contributed by atoms with E-state index >= 15 is 0 Å². The molecule has 0 saturated heterocycles. The number of nitrogens with one attached hydrogen (secondary N) is 2. The summed E-state index contributed by atoms with van der Waals surface area (Å²) in [5, 5.41) is 12.6. The number of anilines is 2. The summed E-state index contributed by atoms with van der Waals surface area (Å²) in [6.07, 6.45) is 5.07. The van der Waals surface area contributed by atoms with Gasteiger partial charge < -0.3 is 10.6 Å². The lowest BCUT2D eigenvalue weighted by Gasteiger charge is -2.09. The maximum absolute atomic E-state index is 12.8.